The van der Waals surface area contributed by atoms with Crippen LogP contribution in [0.4, 0.5) is 0 Å². The average molecular weight is 328 g/mol. The number of piperidine rings is 1. The van der Waals surface area contributed by atoms with Crippen LogP contribution in [-0.4, -0.2) is 29.2 Å². The Morgan fingerprint density at radius 1 is 1.39 bits per heavy atom. The summed E-state index contributed by atoms with van der Waals surface area (Å²) in [4.78, 5) is 16.9. The van der Waals surface area contributed by atoms with Gasteiger partial charge in [-0.15, -0.1) is 11.3 Å². The first kappa shape index (κ1) is 12.7. The van der Waals surface area contributed by atoms with Gasteiger partial charge in [0.25, 0.3) is 5.91 Å². The van der Waals surface area contributed by atoms with Gasteiger partial charge >= 0.3 is 0 Å². The summed E-state index contributed by atoms with van der Waals surface area (Å²) >= 11 is 5.27. The Bertz CT molecular complexity index is 427. The van der Waals surface area contributed by atoms with E-state index in [0.717, 1.165) is 42.1 Å². The number of fused-ring (bicyclic) bond motifs is 1. The van der Waals surface area contributed by atoms with Crippen molar-refractivity contribution in [3.63, 3.8) is 0 Å². The fraction of sp³-hybridized carbons (Fsp3) is 0.643. The van der Waals surface area contributed by atoms with E-state index in [2.05, 4.69) is 22.0 Å². The van der Waals surface area contributed by atoms with Crippen LogP contribution in [0.5, 0.6) is 0 Å². The Labute approximate surface area is 120 Å². The van der Waals surface area contributed by atoms with Gasteiger partial charge in [-0.05, 0) is 49.7 Å². The molecule has 4 heteroatoms. The number of hydrogen-bond acceptors (Lipinski definition) is 2. The van der Waals surface area contributed by atoms with Crippen molar-refractivity contribution in [2.75, 3.05) is 18.4 Å². The number of carbonyl (C=O) groups is 1. The second-order valence-electron chi connectivity index (χ2n) is 5.30. The molecule has 1 saturated heterocycles. The molecule has 98 valence electrons. The summed E-state index contributed by atoms with van der Waals surface area (Å²) in [5, 5.41) is 1.07. The van der Waals surface area contributed by atoms with E-state index in [1.165, 1.54) is 29.7 Å². The zero-order valence-electron chi connectivity index (χ0n) is 10.5. The normalized spacial score (nSPS) is 20.2. The third kappa shape index (κ3) is 2.37. The van der Waals surface area contributed by atoms with Crippen LogP contribution in [0, 0.1) is 5.92 Å². The van der Waals surface area contributed by atoms with E-state index in [1.807, 2.05) is 4.90 Å². The molecular weight excluding hydrogens is 310 g/mol. The maximum absolute atomic E-state index is 12.4. The van der Waals surface area contributed by atoms with E-state index in [-0.39, 0.29) is 5.91 Å². The standard InChI is InChI=1S/C14H18BrNOS/c15-9-10-4-6-16(7-5-10)14(17)13-8-11-2-1-3-12(11)18-13/h8,10H,1-7,9H2. The topological polar surface area (TPSA) is 20.3 Å². The van der Waals surface area contributed by atoms with Crippen LogP contribution in [0.3, 0.4) is 0 Å². The van der Waals surface area contributed by atoms with Crippen molar-refractivity contribution in [3.8, 4) is 0 Å². The van der Waals surface area contributed by atoms with Crippen molar-refractivity contribution in [2.45, 2.75) is 32.1 Å². The van der Waals surface area contributed by atoms with Gasteiger partial charge in [0.15, 0.2) is 0 Å². The van der Waals surface area contributed by atoms with Crippen molar-refractivity contribution in [1.82, 2.24) is 4.90 Å². The highest BCUT2D eigenvalue weighted by molar-refractivity contribution is 9.09. The molecule has 2 nitrogen and oxygen atoms in total. The molecule has 0 radical (unpaired) electrons. The summed E-state index contributed by atoms with van der Waals surface area (Å²) in [7, 11) is 0. The second-order valence-corrected chi connectivity index (χ2v) is 7.09. The molecule has 1 fully saturated rings. The van der Waals surface area contributed by atoms with Gasteiger partial charge in [-0.1, -0.05) is 15.9 Å². The van der Waals surface area contributed by atoms with E-state index in [0.29, 0.717) is 0 Å². The lowest BCUT2D eigenvalue weighted by Crippen LogP contribution is -2.38. The first-order valence-corrected chi connectivity index (χ1v) is 8.68. The van der Waals surface area contributed by atoms with Crippen molar-refractivity contribution < 1.29 is 4.79 Å². The second kappa shape index (κ2) is 5.33. The van der Waals surface area contributed by atoms with E-state index < -0.39 is 0 Å². The molecule has 1 aliphatic heterocycles. The lowest BCUT2D eigenvalue weighted by Gasteiger charge is -2.30. The molecule has 1 amide bonds. The van der Waals surface area contributed by atoms with Gasteiger partial charge < -0.3 is 4.90 Å². The zero-order valence-corrected chi connectivity index (χ0v) is 12.9. The highest BCUT2D eigenvalue weighted by atomic mass is 79.9. The lowest BCUT2D eigenvalue weighted by atomic mass is 9.99. The molecule has 0 N–H and O–H groups in total. The molecule has 0 saturated carbocycles. The molecule has 1 aromatic rings. The Hall–Kier alpha value is -0.350. The Kier molecular flexibility index (Phi) is 3.76. The van der Waals surface area contributed by atoms with E-state index in [9.17, 15) is 4.79 Å². The van der Waals surface area contributed by atoms with Crippen molar-refractivity contribution >= 4 is 33.2 Å². The smallest absolute Gasteiger partial charge is 0.263 e. The molecule has 0 unspecified atom stereocenters. The van der Waals surface area contributed by atoms with Gasteiger partial charge in [0, 0.05) is 23.3 Å². The van der Waals surface area contributed by atoms with Gasteiger partial charge in [0.05, 0.1) is 4.88 Å². The summed E-state index contributed by atoms with van der Waals surface area (Å²) in [5.74, 6) is 1.02. The summed E-state index contributed by atoms with van der Waals surface area (Å²) in [6.07, 6.45) is 5.90. The first-order valence-electron chi connectivity index (χ1n) is 6.74. The van der Waals surface area contributed by atoms with Gasteiger partial charge in [0.2, 0.25) is 0 Å². The molecule has 1 aromatic heterocycles. The minimum atomic E-state index is 0.266. The van der Waals surface area contributed by atoms with E-state index in [4.69, 9.17) is 0 Å². The van der Waals surface area contributed by atoms with Crippen LogP contribution >= 0.6 is 27.3 Å². The van der Waals surface area contributed by atoms with Gasteiger partial charge in [-0.2, -0.15) is 0 Å². The highest BCUT2D eigenvalue weighted by Gasteiger charge is 2.25. The van der Waals surface area contributed by atoms with E-state index in [1.54, 1.807) is 11.3 Å². The quantitative estimate of drug-likeness (QED) is 0.761. The van der Waals surface area contributed by atoms with Crippen LogP contribution in [0.15, 0.2) is 6.07 Å². The van der Waals surface area contributed by atoms with Gasteiger partial charge in [-0.25, -0.2) is 0 Å². The fourth-order valence-electron chi connectivity index (χ4n) is 2.88. The number of aryl methyl sites for hydroxylation is 2. The van der Waals surface area contributed by atoms with Crippen LogP contribution in [0.1, 0.15) is 39.4 Å². The van der Waals surface area contributed by atoms with Crippen LogP contribution in [-0.2, 0) is 12.8 Å². The number of nitrogens with zero attached hydrogens (tertiary/aromatic N) is 1. The monoisotopic (exact) mass is 327 g/mol. The SMILES string of the molecule is O=C(c1cc2c(s1)CCC2)N1CCC(CBr)CC1. The van der Waals surface area contributed by atoms with Gasteiger partial charge in [0.1, 0.15) is 0 Å². The zero-order chi connectivity index (χ0) is 12.5. The fourth-order valence-corrected chi connectivity index (χ4v) is 4.75. The first-order chi connectivity index (χ1) is 8.78. The van der Waals surface area contributed by atoms with Crippen molar-refractivity contribution in [1.29, 1.82) is 0 Å². The Balaban J connectivity index is 1.67. The minimum absolute atomic E-state index is 0.266. The molecule has 18 heavy (non-hydrogen) atoms. The van der Waals surface area contributed by atoms with Crippen molar-refractivity contribution in [2.24, 2.45) is 5.92 Å². The lowest BCUT2D eigenvalue weighted by molar-refractivity contribution is 0.0704. The number of likely N-dealkylation sites (tertiary alicyclic amines) is 1. The molecule has 2 heterocycles. The molecule has 2 aliphatic rings. The number of amides is 1. The third-order valence-electron chi connectivity index (χ3n) is 4.08. The average Bonchev–Trinajstić information content (AvgIpc) is 2.99. The summed E-state index contributed by atoms with van der Waals surface area (Å²) in [6, 6.07) is 2.14. The largest absolute Gasteiger partial charge is 0.338 e. The van der Waals surface area contributed by atoms with Crippen LogP contribution < -0.4 is 0 Å². The maximum atomic E-state index is 12.4. The summed E-state index contributed by atoms with van der Waals surface area (Å²) < 4.78 is 0. The summed E-state index contributed by atoms with van der Waals surface area (Å²) in [5.41, 5.74) is 1.43. The maximum Gasteiger partial charge on any atom is 0.263 e. The van der Waals surface area contributed by atoms with Crippen LogP contribution in [0.25, 0.3) is 0 Å². The Morgan fingerprint density at radius 3 is 2.83 bits per heavy atom. The third-order valence-corrected chi connectivity index (χ3v) is 6.22. The highest BCUT2D eigenvalue weighted by Crippen LogP contribution is 2.32. The van der Waals surface area contributed by atoms with Crippen molar-refractivity contribution in [3.05, 3.63) is 21.4 Å². The molecule has 1 aliphatic carbocycles. The predicted molar refractivity (Wildman–Crippen MR) is 78.8 cm³/mol. The molecule has 0 atom stereocenters. The molecular formula is C14H18BrNOS. The number of hydrogen-bond donors (Lipinski definition) is 0. The minimum Gasteiger partial charge on any atom is -0.338 e. The Morgan fingerprint density at radius 2 is 2.17 bits per heavy atom. The predicted octanol–water partition coefficient (Wildman–Crippen LogP) is 3.48. The number of halogens is 1. The number of rotatable bonds is 2. The number of alkyl halides is 1. The number of carbonyl (C=O) groups excluding carboxylic acids is 1. The number of thiophene rings is 1. The van der Waals surface area contributed by atoms with Gasteiger partial charge in [-0.3, -0.25) is 4.79 Å². The van der Waals surface area contributed by atoms with Crippen LogP contribution in [0.2, 0.25) is 0 Å². The summed E-state index contributed by atoms with van der Waals surface area (Å²) in [6.45, 7) is 1.86. The van der Waals surface area contributed by atoms with E-state index >= 15 is 0 Å². The molecule has 0 spiro atoms. The molecule has 0 aromatic carbocycles. The molecule has 0 bridgehead atoms. The molecule has 3 rings (SSSR count).